The Kier molecular flexibility index (Phi) is 5.92. The summed E-state index contributed by atoms with van der Waals surface area (Å²) >= 11 is 0. The van der Waals surface area contributed by atoms with Crippen molar-refractivity contribution in [2.24, 2.45) is 0 Å². The number of carbonyl (C=O) groups is 1. The first-order chi connectivity index (χ1) is 11.0. The van der Waals surface area contributed by atoms with Crippen LogP contribution < -0.4 is 5.32 Å². The molecule has 1 aromatic rings. The first kappa shape index (κ1) is 17.2. The van der Waals surface area contributed by atoms with Crippen LogP contribution >= 0.6 is 0 Å². The molecule has 2 rings (SSSR count). The van der Waals surface area contributed by atoms with Gasteiger partial charge >= 0.3 is 0 Å². The highest BCUT2D eigenvalue weighted by Crippen LogP contribution is 2.24. The smallest absolute Gasteiger partial charge is 0.292 e. The molecule has 1 fully saturated rings. The van der Waals surface area contributed by atoms with Gasteiger partial charge in [-0.15, -0.1) is 0 Å². The van der Waals surface area contributed by atoms with E-state index in [0.29, 0.717) is 18.8 Å². The van der Waals surface area contributed by atoms with Crippen LogP contribution in [0, 0.1) is 10.1 Å². The molecule has 0 saturated carbocycles. The van der Waals surface area contributed by atoms with E-state index in [9.17, 15) is 20.0 Å². The van der Waals surface area contributed by atoms with Gasteiger partial charge in [0.15, 0.2) is 0 Å². The number of nitrogens with zero attached hydrogens (tertiary/aromatic N) is 2. The van der Waals surface area contributed by atoms with Crippen LogP contribution in [0.3, 0.4) is 0 Å². The lowest BCUT2D eigenvalue weighted by Gasteiger charge is -2.37. The molecule has 1 saturated heterocycles. The Hall–Kier alpha value is -2.15. The maximum atomic E-state index is 12.4. The molecule has 1 aromatic carbocycles. The number of amides is 1. The number of carbonyl (C=O) groups excluding carboxylic acids is 1. The average Bonchev–Trinajstić information content (AvgIpc) is 2.55. The van der Waals surface area contributed by atoms with E-state index in [1.807, 2.05) is 0 Å². The molecular formula is C16H23N3O4. The predicted octanol–water partition coefficient (Wildman–Crippen LogP) is 2.16. The quantitative estimate of drug-likeness (QED) is 0.618. The number of hydrogen-bond acceptors (Lipinski definition) is 5. The Morgan fingerprint density at radius 3 is 2.91 bits per heavy atom. The van der Waals surface area contributed by atoms with Gasteiger partial charge in [-0.05, 0) is 32.3 Å². The van der Waals surface area contributed by atoms with Crippen LogP contribution in [0.15, 0.2) is 24.3 Å². The summed E-state index contributed by atoms with van der Waals surface area (Å²) in [6, 6.07) is 6.25. The van der Waals surface area contributed by atoms with Gasteiger partial charge in [-0.1, -0.05) is 12.1 Å². The van der Waals surface area contributed by atoms with Crippen molar-refractivity contribution in [3.8, 4) is 0 Å². The Balaban J connectivity index is 1.91. The number of nitro benzene ring substituents is 1. The average molecular weight is 321 g/mol. The van der Waals surface area contributed by atoms with Crippen molar-refractivity contribution < 1.29 is 14.8 Å². The minimum Gasteiger partial charge on any atom is -0.391 e. The summed E-state index contributed by atoms with van der Waals surface area (Å²) in [6.07, 6.45) is 2.50. The van der Waals surface area contributed by atoms with Gasteiger partial charge in [0.25, 0.3) is 5.69 Å². The van der Waals surface area contributed by atoms with Crippen molar-refractivity contribution in [2.45, 2.75) is 44.8 Å². The van der Waals surface area contributed by atoms with Crippen LogP contribution in [-0.4, -0.2) is 46.1 Å². The van der Waals surface area contributed by atoms with Gasteiger partial charge in [0.2, 0.25) is 5.91 Å². The van der Waals surface area contributed by atoms with E-state index >= 15 is 0 Å². The number of nitro groups is 1. The second-order valence-corrected chi connectivity index (χ2v) is 5.84. The lowest BCUT2D eigenvalue weighted by molar-refractivity contribution is -0.384. The predicted molar refractivity (Wildman–Crippen MR) is 87.2 cm³/mol. The van der Waals surface area contributed by atoms with E-state index in [1.165, 1.54) is 6.07 Å². The molecule has 126 valence electrons. The first-order valence-corrected chi connectivity index (χ1v) is 7.95. The molecule has 1 aliphatic rings. The Bertz CT molecular complexity index is 562. The summed E-state index contributed by atoms with van der Waals surface area (Å²) in [4.78, 5) is 24.6. The van der Waals surface area contributed by atoms with Crippen LogP contribution in [0.2, 0.25) is 0 Å². The number of anilines is 1. The first-order valence-electron chi connectivity index (χ1n) is 7.95. The monoisotopic (exact) mass is 321 g/mol. The fraction of sp³-hybridized carbons (Fsp3) is 0.562. The van der Waals surface area contributed by atoms with Gasteiger partial charge in [-0.3, -0.25) is 14.9 Å². The third kappa shape index (κ3) is 4.41. The number of rotatable bonds is 6. The van der Waals surface area contributed by atoms with Crippen molar-refractivity contribution in [1.29, 1.82) is 0 Å². The molecule has 0 bridgehead atoms. The number of hydrogen-bond donors (Lipinski definition) is 2. The molecule has 7 nitrogen and oxygen atoms in total. The molecular weight excluding hydrogens is 298 g/mol. The van der Waals surface area contributed by atoms with Crippen molar-refractivity contribution in [3.63, 3.8) is 0 Å². The summed E-state index contributed by atoms with van der Waals surface area (Å²) < 4.78 is 0. The van der Waals surface area contributed by atoms with E-state index in [1.54, 1.807) is 30.0 Å². The second-order valence-electron chi connectivity index (χ2n) is 5.84. The Labute approximate surface area is 135 Å². The number of aliphatic hydroxyl groups is 1. The molecule has 1 heterocycles. The molecule has 7 heteroatoms. The fourth-order valence-corrected chi connectivity index (χ4v) is 3.00. The van der Waals surface area contributed by atoms with E-state index < -0.39 is 11.0 Å². The van der Waals surface area contributed by atoms with Gasteiger partial charge in [0, 0.05) is 25.6 Å². The fourth-order valence-electron chi connectivity index (χ4n) is 3.00. The molecule has 0 radical (unpaired) electrons. The van der Waals surface area contributed by atoms with Crippen molar-refractivity contribution in [1.82, 2.24) is 4.90 Å². The lowest BCUT2D eigenvalue weighted by Crippen LogP contribution is -2.49. The molecule has 1 amide bonds. The maximum Gasteiger partial charge on any atom is 0.292 e. The second kappa shape index (κ2) is 7.92. The summed E-state index contributed by atoms with van der Waals surface area (Å²) in [6.45, 7) is 2.70. The molecule has 23 heavy (non-hydrogen) atoms. The van der Waals surface area contributed by atoms with Gasteiger partial charge in [-0.2, -0.15) is 0 Å². The molecule has 2 N–H and O–H groups in total. The third-order valence-corrected chi connectivity index (χ3v) is 4.18. The third-order valence-electron chi connectivity index (χ3n) is 4.18. The van der Waals surface area contributed by atoms with Crippen LogP contribution in [-0.2, 0) is 4.79 Å². The normalized spacial score (nSPS) is 19.2. The van der Waals surface area contributed by atoms with Gasteiger partial charge in [0.05, 0.1) is 17.1 Å². The van der Waals surface area contributed by atoms with Crippen molar-refractivity contribution in [2.75, 3.05) is 18.4 Å². The zero-order valence-corrected chi connectivity index (χ0v) is 13.3. The minimum atomic E-state index is -0.539. The van der Waals surface area contributed by atoms with Crippen LogP contribution in [0.4, 0.5) is 11.4 Å². The number of nitrogens with one attached hydrogen (secondary N) is 1. The van der Waals surface area contributed by atoms with Crippen LogP contribution in [0.25, 0.3) is 0 Å². The summed E-state index contributed by atoms with van der Waals surface area (Å²) in [5, 5.41) is 23.7. The molecule has 0 aliphatic carbocycles. The molecule has 1 aliphatic heterocycles. The van der Waals surface area contributed by atoms with Crippen molar-refractivity contribution >= 4 is 17.3 Å². The molecule has 0 spiro atoms. The van der Waals surface area contributed by atoms with Gasteiger partial charge in [0.1, 0.15) is 5.69 Å². The summed E-state index contributed by atoms with van der Waals surface area (Å²) in [5.41, 5.74) is 0.413. The maximum absolute atomic E-state index is 12.4. The Morgan fingerprint density at radius 1 is 1.48 bits per heavy atom. The zero-order valence-electron chi connectivity index (χ0n) is 13.3. The highest BCUT2D eigenvalue weighted by Gasteiger charge is 2.29. The van der Waals surface area contributed by atoms with Gasteiger partial charge in [-0.25, -0.2) is 0 Å². The topological polar surface area (TPSA) is 95.7 Å². The zero-order chi connectivity index (χ0) is 16.8. The van der Waals surface area contributed by atoms with Gasteiger partial charge < -0.3 is 15.3 Å². The molecule has 0 aromatic heterocycles. The van der Waals surface area contributed by atoms with E-state index in [4.69, 9.17) is 0 Å². The number of likely N-dealkylation sites (tertiary alicyclic amines) is 1. The number of aliphatic hydroxyl groups excluding tert-OH is 1. The van der Waals surface area contributed by atoms with E-state index in [-0.39, 0.29) is 24.1 Å². The summed E-state index contributed by atoms with van der Waals surface area (Å²) in [5.74, 6) is -0.0262. The van der Waals surface area contributed by atoms with Crippen LogP contribution in [0.5, 0.6) is 0 Å². The standard InChI is InChI=1S/C16H23N3O4/c1-12(20)14-7-4-5-11-18(14)16(21)9-10-17-13-6-2-3-8-15(13)19(22)23/h2-3,6,8,12,14,17,20H,4-5,7,9-11H2,1H3. The molecule has 2 unspecified atom stereocenters. The number of benzene rings is 1. The Morgan fingerprint density at radius 2 is 2.22 bits per heavy atom. The minimum absolute atomic E-state index is 0.000205. The molecule has 2 atom stereocenters. The van der Waals surface area contributed by atoms with E-state index in [2.05, 4.69) is 5.32 Å². The van der Waals surface area contributed by atoms with Crippen LogP contribution in [0.1, 0.15) is 32.6 Å². The highest BCUT2D eigenvalue weighted by atomic mass is 16.6. The lowest BCUT2D eigenvalue weighted by atomic mass is 9.98. The van der Waals surface area contributed by atoms with E-state index in [0.717, 1.165) is 19.3 Å². The van der Waals surface area contributed by atoms with Crippen molar-refractivity contribution in [3.05, 3.63) is 34.4 Å². The largest absolute Gasteiger partial charge is 0.391 e. The number of para-hydroxylation sites is 2. The summed E-state index contributed by atoms with van der Waals surface area (Å²) in [7, 11) is 0. The SMILES string of the molecule is CC(O)C1CCCCN1C(=O)CCNc1ccccc1[N+](=O)[O-]. The number of piperidine rings is 1. The highest BCUT2D eigenvalue weighted by molar-refractivity contribution is 5.77.